The molecular formula is C19H27ClN2O. The predicted octanol–water partition coefficient (Wildman–Crippen LogP) is 3.66. The van der Waals surface area contributed by atoms with E-state index in [1.807, 2.05) is 12.1 Å². The highest BCUT2D eigenvalue weighted by molar-refractivity contribution is 6.30. The molecule has 1 saturated carbocycles. The third-order valence-electron chi connectivity index (χ3n) is 5.59. The lowest BCUT2D eigenvalue weighted by Crippen LogP contribution is -2.45. The Kier molecular flexibility index (Phi) is 5.27. The fraction of sp³-hybridized carbons (Fsp3) is 0.632. The fourth-order valence-electron chi connectivity index (χ4n) is 4.21. The number of carbonyl (C=O) groups is 1. The summed E-state index contributed by atoms with van der Waals surface area (Å²) < 4.78 is 0. The molecular weight excluding hydrogens is 308 g/mol. The Hall–Kier alpha value is -1.06. The lowest BCUT2D eigenvalue weighted by atomic mass is 9.78. The van der Waals surface area contributed by atoms with Gasteiger partial charge in [-0.1, -0.05) is 36.6 Å². The van der Waals surface area contributed by atoms with E-state index in [4.69, 9.17) is 11.6 Å². The number of hydrogen-bond acceptors (Lipinski definition) is 2. The predicted molar refractivity (Wildman–Crippen MR) is 94.8 cm³/mol. The van der Waals surface area contributed by atoms with Crippen LogP contribution < -0.4 is 10.6 Å². The van der Waals surface area contributed by atoms with Gasteiger partial charge in [-0.15, -0.1) is 0 Å². The Morgan fingerprint density at radius 1 is 1.39 bits per heavy atom. The third kappa shape index (κ3) is 3.89. The van der Waals surface area contributed by atoms with Crippen molar-refractivity contribution in [3.63, 3.8) is 0 Å². The molecule has 3 rings (SSSR count). The van der Waals surface area contributed by atoms with Crippen LogP contribution in [0, 0.1) is 5.92 Å². The highest BCUT2D eigenvalue weighted by Gasteiger charge is 2.36. The summed E-state index contributed by atoms with van der Waals surface area (Å²) in [5.41, 5.74) is 1.35. The summed E-state index contributed by atoms with van der Waals surface area (Å²) in [6.07, 6.45) is 6.61. The summed E-state index contributed by atoms with van der Waals surface area (Å²) >= 11 is 6.19. The zero-order valence-corrected chi connectivity index (χ0v) is 14.7. The molecule has 1 saturated heterocycles. The van der Waals surface area contributed by atoms with E-state index in [2.05, 4.69) is 29.7 Å². The highest BCUT2D eigenvalue weighted by atomic mass is 35.5. The van der Waals surface area contributed by atoms with Crippen molar-refractivity contribution in [2.75, 3.05) is 13.1 Å². The van der Waals surface area contributed by atoms with Crippen LogP contribution in [0.25, 0.3) is 0 Å². The number of amides is 1. The van der Waals surface area contributed by atoms with Crippen molar-refractivity contribution in [1.82, 2.24) is 10.6 Å². The molecule has 0 unspecified atom stereocenters. The van der Waals surface area contributed by atoms with Gasteiger partial charge in [0.2, 0.25) is 5.91 Å². The van der Waals surface area contributed by atoms with Gasteiger partial charge >= 0.3 is 0 Å². The molecule has 1 amide bonds. The van der Waals surface area contributed by atoms with Crippen LogP contribution in [0.2, 0.25) is 5.02 Å². The molecule has 1 aromatic carbocycles. The number of piperidine rings is 1. The molecule has 1 heterocycles. The largest absolute Gasteiger partial charge is 0.355 e. The van der Waals surface area contributed by atoms with Crippen LogP contribution >= 0.6 is 11.6 Å². The van der Waals surface area contributed by atoms with Crippen LogP contribution in [0.4, 0.5) is 0 Å². The van der Waals surface area contributed by atoms with Crippen LogP contribution in [0.5, 0.6) is 0 Å². The molecule has 0 radical (unpaired) electrons. The lowest BCUT2D eigenvalue weighted by molar-refractivity contribution is -0.126. The second-order valence-electron chi connectivity index (χ2n) is 7.29. The first-order chi connectivity index (χ1) is 11.1. The van der Waals surface area contributed by atoms with Crippen molar-refractivity contribution >= 4 is 17.5 Å². The van der Waals surface area contributed by atoms with Crippen molar-refractivity contribution in [2.45, 2.75) is 56.9 Å². The maximum atomic E-state index is 12.6. The summed E-state index contributed by atoms with van der Waals surface area (Å²) in [6.45, 7) is 3.84. The van der Waals surface area contributed by atoms with Gasteiger partial charge in [-0.05, 0) is 56.8 Å². The second-order valence-corrected chi connectivity index (χ2v) is 7.73. The first kappa shape index (κ1) is 16.8. The van der Waals surface area contributed by atoms with Gasteiger partial charge in [0, 0.05) is 28.9 Å². The van der Waals surface area contributed by atoms with Crippen LogP contribution in [0.15, 0.2) is 24.3 Å². The van der Waals surface area contributed by atoms with Gasteiger partial charge in [-0.25, -0.2) is 0 Å². The normalized spacial score (nSPS) is 26.9. The molecule has 2 atom stereocenters. The number of hydrogen-bond donors (Lipinski definition) is 2. The second kappa shape index (κ2) is 7.23. The monoisotopic (exact) mass is 334 g/mol. The smallest absolute Gasteiger partial charge is 0.223 e. The summed E-state index contributed by atoms with van der Waals surface area (Å²) in [6, 6.07) is 8.62. The molecule has 0 bridgehead atoms. The summed E-state index contributed by atoms with van der Waals surface area (Å²) in [4.78, 5) is 12.6. The molecule has 1 aliphatic carbocycles. The Balaban J connectivity index is 1.67. The molecule has 1 aliphatic heterocycles. The van der Waals surface area contributed by atoms with Gasteiger partial charge in [0.05, 0.1) is 0 Å². The van der Waals surface area contributed by atoms with Gasteiger partial charge in [0.15, 0.2) is 0 Å². The average Bonchev–Trinajstić information content (AvgIpc) is 3.03. The summed E-state index contributed by atoms with van der Waals surface area (Å²) in [7, 11) is 0. The minimum Gasteiger partial charge on any atom is -0.355 e. The lowest BCUT2D eigenvalue weighted by Gasteiger charge is -2.32. The van der Waals surface area contributed by atoms with E-state index >= 15 is 0 Å². The van der Waals surface area contributed by atoms with Gasteiger partial charge in [-0.3, -0.25) is 4.79 Å². The zero-order valence-electron chi connectivity index (χ0n) is 13.9. The molecule has 126 valence electrons. The average molecular weight is 335 g/mol. The molecule has 1 aromatic rings. The number of carbonyl (C=O) groups excluding carboxylic acids is 1. The molecule has 4 heteroatoms. The quantitative estimate of drug-likeness (QED) is 0.882. The van der Waals surface area contributed by atoms with Crippen molar-refractivity contribution in [3.05, 3.63) is 34.9 Å². The van der Waals surface area contributed by atoms with Crippen molar-refractivity contribution in [1.29, 1.82) is 0 Å². The van der Waals surface area contributed by atoms with Crippen LogP contribution in [-0.2, 0) is 10.2 Å². The topological polar surface area (TPSA) is 41.1 Å². The van der Waals surface area contributed by atoms with Crippen molar-refractivity contribution in [3.8, 4) is 0 Å². The van der Waals surface area contributed by atoms with E-state index in [0.29, 0.717) is 6.04 Å². The summed E-state index contributed by atoms with van der Waals surface area (Å²) in [5, 5.41) is 7.46. The molecule has 0 aromatic heterocycles. The van der Waals surface area contributed by atoms with E-state index < -0.39 is 0 Å². The number of benzene rings is 1. The van der Waals surface area contributed by atoms with E-state index in [-0.39, 0.29) is 17.2 Å². The first-order valence-corrected chi connectivity index (χ1v) is 9.24. The van der Waals surface area contributed by atoms with Crippen LogP contribution in [0.1, 0.15) is 51.0 Å². The van der Waals surface area contributed by atoms with Gasteiger partial charge < -0.3 is 10.6 Å². The molecule has 3 nitrogen and oxygen atoms in total. The van der Waals surface area contributed by atoms with E-state index in [9.17, 15) is 4.79 Å². The minimum absolute atomic E-state index is 0.0685. The molecule has 2 fully saturated rings. The summed E-state index contributed by atoms with van der Waals surface area (Å²) in [5.74, 6) is 0.385. The third-order valence-corrected chi connectivity index (χ3v) is 5.83. The van der Waals surface area contributed by atoms with Crippen molar-refractivity contribution < 1.29 is 4.79 Å². The maximum absolute atomic E-state index is 12.6. The number of halogens is 1. The fourth-order valence-corrected chi connectivity index (χ4v) is 4.40. The van der Waals surface area contributed by atoms with Gasteiger partial charge in [0.25, 0.3) is 0 Å². The van der Waals surface area contributed by atoms with Gasteiger partial charge in [-0.2, -0.15) is 0 Å². The Morgan fingerprint density at radius 2 is 2.17 bits per heavy atom. The number of rotatable bonds is 4. The zero-order chi connectivity index (χ0) is 16.3. The molecule has 0 spiro atoms. The van der Waals surface area contributed by atoms with Gasteiger partial charge in [0.1, 0.15) is 0 Å². The van der Waals surface area contributed by atoms with Crippen LogP contribution in [-0.4, -0.2) is 25.0 Å². The Bertz CT molecular complexity index is 554. The SMILES string of the molecule is C[C@H]1C[C@@H](C(=O)NCC2(c3cccc(Cl)c3)CCCC2)CCN1. The Labute approximate surface area is 144 Å². The van der Waals surface area contributed by atoms with Crippen LogP contribution in [0.3, 0.4) is 0 Å². The van der Waals surface area contributed by atoms with E-state index in [0.717, 1.165) is 43.8 Å². The first-order valence-electron chi connectivity index (χ1n) is 8.86. The molecule has 23 heavy (non-hydrogen) atoms. The standard InChI is InChI=1S/C19H27ClN2O/c1-14-11-15(7-10-21-14)18(23)22-13-19(8-2-3-9-19)16-5-4-6-17(20)12-16/h4-6,12,14-15,21H,2-3,7-11,13H2,1H3,(H,22,23)/t14-,15-/m0/s1. The molecule has 2 N–H and O–H groups in total. The maximum Gasteiger partial charge on any atom is 0.223 e. The highest BCUT2D eigenvalue weighted by Crippen LogP contribution is 2.41. The van der Waals surface area contributed by atoms with E-state index in [1.54, 1.807) is 0 Å². The number of nitrogens with one attached hydrogen (secondary N) is 2. The Morgan fingerprint density at radius 3 is 2.87 bits per heavy atom. The van der Waals surface area contributed by atoms with Crippen molar-refractivity contribution in [2.24, 2.45) is 5.92 Å². The molecule has 2 aliphatic rings. The van der Waals surface area contributed by atoms with E-state index in [1.165, 1.54) is 18.4 Å². The minimum atomic E-state index is 0.0685.